The highest BCUT2D eigenvalue weighted by atomic mass is 35.5. The SMILES string of the molecule is O=C(OCc1ccccc1)[C@H]1O[C@@H](Nc2ccc(Cl)c(C(F)(F)F)c2)[C@H](O)[C@@H](O)[C@@H]1O. The molecule has 1 saturated heterocycles. The predicted molar refractivity (Wildman–Crippen MR) is 103 cm³/mol. The van der Waals surface area contributed by atoms with Crippen LogP contribution in [0.15, 0.2) is 48.5 Å². The lowest BCUT2D eigenvalue weighted by Gasteiger charge is -2.40. The molecule has 4 N–H and O–H groups in total. The van der Waals surface area contributed by atoms with Gasteiger partial charge >= 0.3 is 12.1 Å². The van der Waals surface area contributed by atoms with E-state index in [2.05, 4.69) is 5.32 Å². The Hall–Kier alpha value is -2.37. The molecule has 0 saturated carbocycles. The second-order valence-electron chi connectivity index (χ2n) is 6.88. The molecule has 1 fully saturated rings. The number of halogens is 4. The molecule has 2 aromatic rings. The Morgan fingerprint density at radius 2 is 1.74 bits per heavy atom. The van der Waals surface area contributed by atoms with Crippen molar-refractivity contribution in [3.8, 4) is 0 Å². The van der Waals surface area contributed by atoms with E-state index in [4.69, 9.17) is 21.1 Å². The fourth-order valence-corrected chi connectivity index (χ4v) is 3.23. The minimum Gasteiger partial charge on any atom is -0.459 e. The van der Waals surface area contributed by atoms with Gasteiger partial charge in [0.1, 0.15) is 24.9 Å². The minimum atomic E-state index is -4.72. The van der Waals surface area contributed by atoms with Crippen molar-refractivity contribution < 1.29 is 42.8 Å². The summed E-state index contributed by atoms with van der Waals surface area (Å²) >= 11 is 5.58. The lowest BCUT2D eigenvalue weighted by atomic mass is 9.97. The van der Waals surface area contributed by atoms with Crippen molar-refractivity contribution in [3.63, 3.8) is 0 Å². The number of hydrogen-bond donors (Lipinski definition) is 4. The number of hydrogen-bond acceptors (Lipinski definition) is 7. The number of esters is 1. The molecule has 31 heavy (non-hydrogen) atoms. The van der Waals surface area contributed by atoms with Crippen LogP contribution in [0, 0.1) is 0 Å². The van der Waals surface area contributed by atoms with Crippen molar-refractivity contribution in [2.45, 2.75) is 43.4 Å². The maximum absolute atomic E-state index is 13.1. The van der Waals surface area contributed by atoms with Crippen molar-refractivity contribution in [1.29, 1.82) is 0 Å². The van der Waals surface area contributed by atoms with E-state index in [1.807, 2.05) is 0 Å². The minimum absolute atomic E-state index is 0.130. The summed E-state index contributed by atoms with van der Waals surface area (Å²) in [4.78, 5) is 12.4. The number of rotatable bonds is 5. The van der Waals surface area contributed by atoms with Crippen molar-refractivity contribution >= 4 is 23.3 Å². The zero-order valence-electron chi connectivity index (χ0n) is 15.8. The second kappa shape index (κ2) is 9.41. The van der Waals surface area contributed by atoms with Gasteiger partial charge in [-0.05, 0) is 23.8 Å². The quantitative estimate of drug-likeness (QED) is 0.506. The van der Waals surface area contributed by atoms with Crippen molar-refractivity contribution in [3.05, 3.63) is 64.7 Å². The first-order chi connectivity index (χ1) is 14.6. The van der Waals surface area contributed by atoms with Crippen LogP contribution in [0.4, 0.5) is 18.9 Å². The van der Waals surface area contributed by atoms with Crippen LogP contribution in [-0.4, -0.2) is 51.9 Å². The number of anilines is 1. The lowest BCUT2D eigenvalue weighted by Crippen LogP contribution is -2.61. The van der Waals surface area contributed by atoms with Crippen LogP contribution in [-0.2, 0) is 27.1 Å². The Bertz CT molecular complexity index is 914. The molecule has 3 rings (SSSR count). The first-order valence-electron chi connectivity index (χ1n) is 9.11. The second-order valence-corrected chi connectivity index (χ2v) is 7.29. The van der Waals surface area contributed by atoms with Gasteiger partial charge < -0.3 is 30.1 Å². The Balaban J connectivity index is 1.73. The molecular weight excluding hydrogens is 443 g/mol. The number of benzene rings is 2. The van der Waals surface area contributed by atoms with E-state index in [1.165, 1.54) is 6.07 Å². The van der Waals surface area contributed by atoms with Crippen LogP contribution >= 0.6 is 11.6 Å². The number of nitrogens with one attached hydrogen (secondary N) is 1. The number of carbonyl (C=O) groups is 1. The van der Waals surface area contributed by atoms with Crippen LogP contribution in [0.3, 0.4) is 0 Å². The van der Waals surface area contributed by atoms with Gasteiger partial charge in [0.05, 0.1) is 10.6 Å². The fraction of sp³-hybridized carbons (Fsp3) is 0.350. The zero-order chi connectivity index (χ0) is 22.8. The summed E-state index contributed by atoms with van der Waals surface area (Å²) in [7, 11) is 0. The van der Waals surface area contributed by atoms with Crippen LogP contribution < -0.4 is 5.32 Å². The largest absolute Gasteiger partial charge is 0.459 e. The molecule has 5 atom stereocenters. The van der Waals surface area contributed by atoms with Gasteiger partial charge in [0, 0.05) is 5.69 Å². The van der Waals surface area contributed by atoms with E-state index >= 15 is 0 Å². The molecule has 1 heterocycles. The van der Waals surface area contributed by atoms with Gasteiger partial charge in [-0.2, -0.15) is 13.2 Å². The Kier molecular flexibility index (Phi) is 7.07. The van der Waals surface area contributed by atoms with E-state index in [-0.39, 0.29) is 12.3 Å². The summed E-state index contributed by atoms with van der Waals surface area (Å²) < 4.78 is 49.6. The molecule has 1 aliphatic heterocycles. The van der Waals surface area contributed by atoms with Crippen molar-refractivity contribution in [2.75, 3.05) is 5.32 Å². The molecule has 0 radical (unpaired) electrons. The summed E-state index contributed by atoms with van der Waals surface area (Å²) in [5.41, 5.74) is -0.595. The monoisotopic (exact) mass is 461 g/mol. The zero-order valence-corrected chi connectivity index (χ0v) is 16.5. The highest BCUT2D eigenvalue weighted by Crippen LogP contribution is 2.36. The van der Waals surface area contributed by atoms with Gasteiger partial charge in [-0.1, -0.05) is 41.9 Å². The molecule has 7 nitrogen and oxygen atoms in total. The number of aliphatic hydroxyl groups is 3. The third-order valence-electron chi connectivity index (χ3n) is 4.65. The number of carbonyl (C=O) groups excluding carboxylic acids is 1. The average molecular weight is 462 g/mol. The van der Waals surface area contributed by atoms with Gasteiger partial charge in [0.25, 0.3) is 0 Å². The maximum atomic E-state index is 13.1. The molecular formula is C20H19ClF3NO6. The van der Waals surface area contributed by atoms with Crippen LogP contribution in [0.2, 0.25) is 5.02 Å². The molecule has 0 aromatic heterocycles. The first kappa shape index (κ1) is 23.3. The molecule has 2 aromatic carbocycles. The molecule has 0 bridgehead atoms. The molecule has 0 amide bonds. The van der Waals surface area contributed by atoms with Crippen molar-refractivity contribution in [2.24, 2.45) is 0 Å². The molecule has 1 aliphatic rings. The highest BCUT2D eigenvalue weighted by Gasteiger charge is 2.47. The Morgan fingerprint density at radius 3 is 2.39 bits per heavy atom. The molecule has 11 heteroatoms. The van der Waals surface area contributed by atoms with Crippen LogP contribution in [0.25, 0.3) is 0 Å². The molecule has 0 aliphatic carbocycles. The van der Waals surface area contributed by atoms with Crippen LogP contribution in [0.5, 0.6) is 0 Å². The summed E-state index contributed by atoms with van der Waals surface area (Å²) in [6.07, 6.45) is -13.3. The number of ether oxygens (including phenoxy) is 2. The van der Waals surface area contributed by atoms with Gasteiger partial charge in [-0.15, -0.1) is 0 Å². The van der Waals surface area contributed by atoms with E-state index in [0.29, 0.717) is 11.6 Å². The van der Waals surface area contributed by atoms with Gasteiger partial charge in [0.15, 0.2) is 12.3 Å². The van der Waals surface area contributed by atoms with Crippen molar-refractivity contribution in [1.82, 2.24) is 0 Å². The molecule has 168 valence electrons. The Labute approximate surface area is 180 Å². The topological polar surface area (TPSA) is 108 Å². The van der Waals surface area contributed by atoms with Gasteiger partial charge in [-0.3, -0.25) is 0 Å². The van der Waals surface area contributed by atoms with E-state index in [0.717, 1.165) is 6.07 Å². The summed E-state index contributed by atoms with van der Waals surface area (Å²) in [6.45, 7) is -0.130. The summed E-state index contributed by atoms with van der Waals surface area (Å²) in [6, 6.07) is 11.5. The smallest absolute Gasteiger partial charge is 0.417 e. The van der Waals surface area contributed by atoms with E-state index < -0.39 is 53.4 Å². The van der Waals surface area contributed by atoms with E-state index in [9.17, 15) is 33.3 Å². The summed E-state index contributed by atoms with van der Waals surface area (Å²) in [5.74, 6) is -1.01. The molecule has 0 spiro atoms. The van der Waals surface area contributed by atoms with Crippen LogP contribution in [0.1, 0.15) is 11.1 Å². The normalized spacial score (nSPS) is 26.4. The number of alkyl halides is 3. The van der Waals surface area contributed by atoms with Gasteiger partial charge in [0.2, 0.25) is 0 Å². The Morgan fingerprint density at radius 1 is 1.06 bits per heavy atom. The highest BCUT2D eigenvalue weighted by molar-refractivity contribution is 6.31. The van der Waals surface area contributed by atoms with Gasteiger partial charge in [-0.25, -0.2) is 4.79 Å². The first-order valence-corrected chi connectivity index (χ1v) is 9.49. The predicted octanol–water partition coefficient (Wildman–Crippen LogP) is 2.32. The van der Waals surface area contributed by atoms with E-state index in [1.54, 1.807) is 30.3 Å². The third kappa shape index (κ3) is 5.46. The molecule has 0 unspecified atom stereocenters. The maximum Gasteiger partial charge on any atom is 0.417 e. The number of aliphatic hydroxyl groups excluding tert-OH is 3. The summed E-state index contributed by atoms with van der Waals surface area (Å²) in [5, 5.41) is 32.3. The fourth-order valence-electron chi connectivity index (χ4n) is 3.00. The third-order valence-corrected chi connectivity index (χ3v) is 4.98. The average Bonchev–Trinajstić information content (AvgIpc) is 2.73. The standard InChI is InChI=1S/C20H19ClF3NO6/c21-13-7-6-11(8-12(13)20(22,23)24)25-18-16(28)14(26)15(27)17(31-18)19(29)30-9-10-4-2-1-3-5-10/h1-8,14-18,25-28H,9H2/t14-,15-,16+,17-,18+/m0/s1. The lowest BCUT2D eigenvalue weighted by molar-refractivity contribution is -0.225.